The molecule has 0 atom stereocenters. The van der Waals surface area contributed by atoms with E-state index in [1.54, 1.807) is 12.1 Å². The number of aromatic nitrogens is 2. The third-order valence-corrected chi connectivity index (χ3v) is 3.97. The lowest BCUT2D eigenvalue weighted by atomic mass is 10.3. The van der Waals surface area contributed by atoms with Gasteiger partial charge in [0.1, 0.15) is 0 Å². The molecule has 0 amide bonds. The van der Waals surface area contributed by atoms with E-state index < -0.39 is 0 Å². The van der Waals surface area contributed by atoms with Gasteiger partial charge in [0.25, 0.3) is 0 Å². The monoisotopic (exact) mass is 342 g/mol. The molecule has 2 N–H and O–H groups in total. The summed E-state index contributed by atoms with van der Waals surface area (Å²) in [6.07, 6.45) is 2.02. The lowest BCUT2D eigenvalue weighted by molar-refractivity contribution is 0.653. The number of benzene rings is 1. The van der Waals surface area contributed by atoms with Crippen LogP contribution in [0.2, 0.25) is 10.0 Å². The topological polar surface area (TPSA) is 41.9 Å². The molecule has 0 saturated heterocycles. The van der Waals surface area contributed by atoms with E-state index in [1.807, 2.05) is 23.9 Å². The van der Waals surface area contributed by atoms with Crippen molar-refractivity contribution in [2.45, 2.75) is 26.9 Å². The first-order valence-electron chi connectivity index (χ1n) is 6.52. The van der Waals surface area contributed by atoms with Crippen LogP contribution in [0.1, 0.15) is 18.2 Å². The van der Waals surface area contributed by atoms with Gasteiger partial charge in [-0.3, -0.25) is 4.68 Å². The number of halogens is 2. The Bertz CT molecular complexity index is 654. The van der Waals surface area contributed by atoms with Crippen molar-refractivity contribution < 1.29 is 0 Å². The summed E-state index contributed by atoms with van der Waals surface area (Å²) >= 11 is 17.1. The number of anilines is 1. The average molecular weight is 343 g/mol. The lowest BCUT2D eigenvalue weighted by Crippen LogP contribution is -2.28. The molecule has 0 aliphatic heterocycles. The third-order valence-electron chi connectivity index (χ3n) is 2.99. The van der Waals surface area contributed by atoms with E-state index in [0.29, 0.717) is 21.7 Å². The molecule has 0 saturated carbocycles. The number of nitrogens with one attached hydrogen (secondary N) is 2. The Morgan fingerprint density at radius 2 is 2.10 bits per heavy atom. The third kappa shape index (κ3) is 4.33. The summed E-state index contributed by atoms with van der Waals surface area (Å²) in [7, 11) is 0. The van der Waals surface area contributed by atoms with Gasteiger partial charge >= 0.3 is 0 Å². The highest BCUT2D eigenvalue weighted by molar-refractivity contribution is 7.80. The van der Waals surface area contributed by atoms with Crippen LogP contribution in [0, 0.1) is 6.92 Å². The number of aryl methyl sites for hydroxylation is 2. The molecular weight excluding hydrogens is 327 g/mol. The van der Waals surface area contributed by atoms with Crippen molar-refractivity contribution in [3.05, 3.63) is 45.7 Å². The molecule has 1 heterocycles. The van der Waals surface area contributed by atoms with Crippen LogP contribution in [0.4, 0.5) is 5.69 Å². The van der Waals surface area contributed by atoms with Crippen LogP contribution in [-0.2, 0) is 13.1 Å². The zero-order valence-electron chi connectivity index (χ0n) is 11.8. The molecule has 2 aromatic rings. The normalized spacial score (nSPS) is 10.5. The summed E-state index contributed by atoms with van der Waals surface area (Å²) in [6.45, 7) is 5.52. The van der Waals surface area contributed by atoms with E-state index in [1.165, 1.54) is 0 Å². The van der Waals surface area contributed by atoms with Gasteiger partial charge in [-0.1, -0.05) is 23.2 Å². The van der Waals surface area contributed by atoms with Gasteiger partial charge in [-0.05, 0) is 44.3 Å². The van der Waals surface area contributed by atoms with Gasteiger partial charge in [0.2, 0.25) is 0 Å². The Morgan fingerprint density at radius 1 is 1.33 bits per heavy atom. The Morgan fingerprint density at radius 3 is 2.71 bits per heavy atom. The van der Waals surface area contributed by atoms with Gasteiger partial charge < -0.3 is 10.6 Å². The molecule has 2 rings (SSSR count). The summed E-state index contributed by atoms with van der Waals surface area (Å²) in [6, 6.07) is 5.28. The molecule has 7 heteroatoms. The summed E-state index contributed by atoms with van der Waals surface area (Å²) in [5.41, 5.74) is 2.92. The van der Waals surface area contributed by atoms with Crippen LogP contribution in [0.3, 0.4) is 0 Å². The molecule has 0 radical (unpaired) electrons. The molecule has 0 spiro atoms. The number of hydrogen-bond acceptors (Lipinski definition) is 2. The van der Waals surface area contributed by atoms with E-state index in [0.717, 1.165) is 23.5 Å². The minimum absolute atomic E-state index is 0.490. The van der Waals surface area contributed by atoms with E-state index >= 15 is 0 Å². The molecule has 4 nitrogen and oxygen atoms in total. The number of rotatable bonds is 4. The maximum atomic E-state index is 5.96. The number of nitrogens with zero attached hydrogens (tertiary/aromatic N) is 2. The van der Waals surface area contributed by atoms with Crippen molar-refractivity contribution in [1.29, 1.82) is 0 Å². The molecule has 112 valence electrons. The van der Waals surface area contributed by atoms with Gasteiger partial charge in [0.15, 0.2) is 5.11 Å². The maximum absolute atomic E-state index is 5.96. The minimum atomic E-state index is 0.490. The summed E-state index contributed by atoms with van der Waals surface area (Å²) in [4.78, 5) is 0. The highest BCUT2D eigenvalue weighted by Gasteiger charge is 2.05. The molecule has 1 aromatic carbocycles. The first kappa shape index (κ1) is 16.1. The van der Waals surface area contributed by atoms with Crippen molar-refractivity contribution in [3.63, 3.8) is 0 Å². The van der Waals surface area contributed by atoms with Gasteiger partial charge in [-0.25, -0.2) is 0 Å². The standard InChI is InChI=1S/C14H16Cl2N4S/c1-3-20-8-10(9(2)19-20)7-17-14(21)18-11-4-5-12(15)13(16)6-11/h4-6,8H,3,7H2,1-2H3,(H2,17,18,21). The second-order valence-corrected chi connectivity index (χ2v) is 5.75. The molecule has 0 bridgehead atoms. The van der Waals surface area contributed by atoms with Crippen molar-refractivity contribution in [2.75, 3.05) is 5.32 Å². The van der Waals surface area contributed by atoms with Gasteiger partial charge in [0.05, 0.1) is 15.7 Å². The molecule has 1 aromatic heterocycles. The molecule has 0 aliphatic rings. The smallest absolute Gasteiger partial charge is 0.171 e. The minimum Gasteiger partial charge on any atom is -0.358 e. The Balaban J connectivity index is 1.92. The molecule has 21 heavy (non-hydrogen) atoms. The average Bonchev–Trinajstić information content (AvgIpc) is 2.81. The highest BCUT2D eigenvalue weighted by Crippen LogP contribution is 2.24. The SMILES string of the molecule is CCn1cc(CNC(=S)Nc2ccc(Cl)c(Cl)c2)c(C)n1. The van der Waals surface area contributed by atoms with Crippen LogP contribution in [0.5, 0.6) is 0 Å². The first-order chi connectivity index (χ1) is 9.99. The molecule has 0 fully saturated rings. The summed E-state index contributed by atoms with van der Waals surface area (Å²) in [5.74, 6) is 0. The molecule has 0 aliphatic carbocycles. The predicted octanol–water partition coefficient (Wildman–Crippen LogP) is 4.00. The Kier molecular flexibility index (Phi) is 5.45. The zero-order valence-corrected chi connectivity index (χ0v) is 14.1. The second kappa shape index (κ2) is 7.11. The van der Waals surface area contributed by atoms with Crippen LogP contribution in [0.15, 0.2) is 24.4 Å². The summed E-state index contributed by atoms with van der Waals surface area (Å²) < 4.78 is 1.90. The number of hydrogen-bond donors (Lipinski definition) is 2. The van der Waals surface area contributed by atoms with Crippen molar-refractivity contribution in [3.8, 4) is 0 Å². The van der Waals surface area contributed by atoms with E-state index in [-0.39, 0.29) is 0 Å². The molecule has 0 unspecified atom stereocenters. The van der Waals surface area contributed by atoms with Crippen LogP contribution in [-0.4, -0.2) is 14.9 Å². The largest absolute Gasteiger partial charge is 0.358 e. The van der Waals surface area contributed by atoms with E-state index in [4.69, 9.17) is 35.4 Å². The quantitative estimate of drug-likeness (QED) is 0.824. The fourth-order valence-electron chi connectivity index (χ4n) is 1.82. The summed E-state index contributed by atoms with van der Waals surface area (Å²) in [5, 5.41) is 12.1. The maximum Gasteiger partial charge on any atom is 0.171 e. The fraction of sp³-hybridized carbons (Fsp3) is 0.286. The van der Waals surface area contributed by atoms with E-state index in [2.05, 4.69) is 22.7 Å². The van der Waals surface area contributed by atoms with Gasteiger partial charge in [-0.2, -0.15) is 5.10 Å². The number of thiocarbonyl (C=S) groups is 1. The van der Waals surface area contributed by atoms with Gasteiger partial charge in [-0.15, -0.1) is 0 Å². The Hall–Kier alpha value is -1.30. The fourth-order valence-corrected chi connectivity index (χ4v) is 2.31. The van der Waals surface area contributed by atoms with Crippen molar-refractivity contribution in [2.24, 2.45) is 0 Å². The van der Waals surface area contributed by atoms with E-state index in [9.17, 15) is 0 Å². The zero-order chi connectivity index (χ0) is 15.4. The van der Waals surface area contributed by atoms with Gasteiger partial charge in [0, 0.05) is 30.5 Å². The van der Waals surface area contributed by atoms with Crippen molar-refractivity contribution >= 4 is 46.2 Å². The van der Waals surface area contributed by atoms with Crippen LogP contribution in [0.25, 0.3) is 0 Å². The molecular formula is C14H16Cl2N4S. The van der Waals surface area contributed by atoms with Crippen LogP contribution >= 0.6 is 35.4 Å². The lowest BCUT2D eigenvalue weighted by Gasteiger charge is -2.10. The first-order valence-corrected chi connectivity index (χ1v) is 7.69. The second-order valence-electron chi connectivity index (χ2n) is 4.53. The predicted molar refractivity (Wildman–Crippen MR) is 92.2 cm³/mol. The Labute approximate surface area is 139 Å². The van der Waals surface area contributed by atoms with Crippen molar-refractivity contribution in [1.82, 2.24) is 15.1 Å². The van der Waals surface area contributed by atoms with Crippen LogP contribution < -0.4 is 10.6 Å². The highest BCUT2D eigenvalue weighted by atomic mass is 35.5.